The van der Waals surface area contributed by atoms with Gasteiger partial charge in [-0.1, -0.05) is 23.8 Å². The average molecular weight is 484 g/mol. The van der Waals surface area contributed by atoms with Crippen molar-refractivity contribution in [3.05, 3.63) is 83.1 Å². The van der Waals surface area contributed by atoms with E-state index in [9.17, 15) is 17.6 Å². The number of fused-ring (bicyclic) bond motifs is 1. The van der Waals surface area contributed by atoms with Crippen molar-refractivity contribution in [1.29, 1.82) is 0 Å². The summed E-state index contributed by atoms with van der Waals surface area (Å²) in [7, 11) is 1.50. The molecule has 2 aromatic heterocycles. The molecule has 1 N–H and O–H groups in total. The van der Waals surface area contributed by atoms with Crippen LogP contribution >= 0.6 is 0 Å². The SMILES string of the molecule is [C-]#[N+]c1cnc2c(N(Cc3ccc(OC)cc3)CC(F)(F)F)cc(Nc3cc(C)cc(F)c3)nn12. The number of alkyl halides is 3. The number of benzene rings is 2. The first-order chi connectivity index (χ1) is 16.6. The fraction of sp³-hybridized carbons (Fsp3) is 0.208. The van der Waals surface area contributed by atoms with E-state index >= 15 is 0 Å². The first-order valence-corrected chi connectivity index (χ1v) is 10.4. The van der Waals surface area contributed by atoms with Crippen molar-refractivity contribution in [1.82, 2.24) is 14.6 Å². The Morgan fingerprint density at radius 2 is 1.89 bits per heavy atom. The number of nitrogens with zero attached hydrogens (tertiary/aromatic N) is 5. The van der Waals surface area contributed by atoms with Crippen molar-refractivity contribution >= 4 is 28.7 Å². The molecule has 0 spiro atoms. The molecule has 0 radical (unpaired) electrons. The van der Waals surface area contributed by atoms with Gasteiger partial charge in [0.25, 0.3) is 11.5 Å². The highest BCUT2D eigenvalue weighted by molar-refractivity contribution is 5.75. The maximum atomic E-state index is 13.9. The Hall–Kier alpha value is -4.33. The molecule has 0 bridgehead atoms. The monoisotopic (exact) mass is 484 g/mol. The molecule has 2 heterocycles. The minimum absolute atomic E-state index is 0.0247. The molecule has 35 heavy (non-hydrogen) atoms. The molecule has 0 aliphatic carbocycles. The molecule has 11 heteroatoms. The molecular weight excluding hydrogens is 464 g/mol. The van der Waals surface area contributed by atoms with Gasteiger partial charge in [-0.25, -0.2) is 9.37 Å². The van der Waals surface area contributed by atoms with Crippen LogP contribution < -0.4 is 15.0 Å². The summed E-state index contributed by atoms with van der Waals surface area (Å²) in [5.74, 6) is 0.254. The summed E-state index contributed by atoms with van der Waals surface area (Å²) in [4.78, 5) is 8.63. The molecule has 0 aliphatic heterocycles. The third kappa shape index (κ3) is 5.60. The summed E-state index contributed by atoms with van der Waals surface area (Å²) in [5, 5.41) is 7.24. The third-order valence-electron chi connectivity index (χ3n) is 5.10. The van der Waals surface area contributed by atoms with E-state index in [4.69, 9.17) is 11.3 Å². The second-order valence-corrected chi connectivity index (χ2v) is 7.84. The largest absolute Gasteiger partial charge is 0.497 e. The minimum Gasteiger partial charge on any atom is -0.497 e. The van der Waals surface area contributed by atoms with Gasteiger partial charge in [-0.05, 0) is 48.4 Å². The number of hydrogen-bond acceptors (Lipinski definition) is 5. The minimum atomic E-state index is -4.52. The Balaban J connectivity index is 1.81. The molecule has 0 atom stereocenters. The maximum Gasteiger partial charge on any atom is 0.405 e. The van der Waals surface area contributed by atoms with E-state index in [-0.39, 0.29) is 29.5 Å². The van der Waals surface area contributed by atoms with E-state index in [0.29, 0.717) is 22.6 Å². The van der Waals surface area contributed by atoms with Crippen LogP contribution in [0.3, 0.4) is 0 Å². The Bertz CT molecular complexity index is 1370. The predicted molar refractivity (Wildman–Crippen MR) is 124 cm³/mol. The van der Waals surface area contributed by atoms with Crippen LogP contribution in [-0.2, 0) is 6.54 Å². The molecule has 7 nitrogen and oxygen atoms in total. The number of hydrogen-bond donors (Lipinski definition) is 1. The molecule has 0 fully saturated rings. The van der Waals surface area contributed by atoms with Gasteiger partial charge in [0.05, 0.1) is 13.3 Å². The zero-order chi connectivity index (χ0) is 25.2. The molecule has 0 aliphatic rings. The van der Waals surface area contributed by atoms with E-state index < -0.39 is 18.5 Å². The number of ether oxygens (including phenoxy) is 1. The van der Waals surface area contributed by atoms with Crippen LogP contribution in [0.4, 0.5) is 40.6 Å². The number of halogens is 4. The lowest BCUT2D eigenvalue weighted by molar-refractivity contribution is -0.119. The van der Waals surface area contributed by atoms with Crippen molar-refractivity contribution < 1.29 is 22.3 Å². The van der Waals surface area contributed by atoms with Crippen molar-refractivity contribution in [2.75, 3.05) is 23.9 Å². The van der Waals surface area contributed by atoms with Crippen LogP contribution in [-0.4, -0.2) is 34.4 Å². The standard InChI is InChI=1S/C24H20F4N6O/c1-15-8-17(25)10-18(9-15)31-21-11-20(23-30-12-22(29-2)34(23)32-21)33(14-24(26,27)28)13-16-4-6-19(35-3)7-5-16/h4-12H,13-14H2,1,3H3,(H,31,32). The van der Waals surface area contributed by atoms with Crippen molar-refractivity contribution in [2.24, 2.45) is 0 Å². The van der Waals surface area contributed by atoms with Gasteiger partial charge in [0.1, 0.15) is 23.8 Å². The van der Waals surface area contributed by atoms with Gasteiger partial charge in [0.15, 0.2) is 5.82 Å². The van der Waals surface area contributed by atoms with Gasteiger partial charge < -0.3 is 19.8 Å². The van der Waals surface area contributed by atoms with Crippen molar-refractivity contribution in [2.45, 2.75) is 19.6 Å². The molecule has 2 aromatic carbocycles. The number of aromatic nitrogens is 3. The summed E-state index contributed by atoms with van der Waals surface area (Å²) >= 11 is 0. The summed E-state index contributed by atoms with van der Waals surface area (Å²) in [6, 6.07) is 12.3. The third-order valence-corrected chi connectivity index (χ3v) is 5.10. The predicted octanol–water partition coefficient (Wildman–Crippen LogP) is 6.05. The maximum absolute atomic E-state index is 13.9. The molecular formula is C24H20F4N6O. The molecule has 180 valence electrons. The first-order valence-electron chi connectivity index (χ1n) is 10.4. The summed E-state index contributed by atoms with van der Waals surface area (Å²) in [6.07, 6.45) is -3.27. The average Bonchev–Trinajstić information content (AvgIpc) is 3.20. The van der Waals surface area contributed by atoms with Gasteiger partial charge in [0, 0.05) is 18.3 Å². The lowest BCUT2D eigenvalue weighted by Gasteiger charge is -2.26. The Kier molecular flexibility index (Phi) is 6.46. The molecule has 4 aromatic rings. The highest BCUT2D eigenvalue weighted by atomic mass is 19.4. The fourth-order valence-corrected chi connectivity index (χ4v) is 3.66. The molecule has 4 rings (SSSR count). The van der Waals surface area contributed by atoms with E-state index in [1.54, 1.807) is 37.3 Å². The summed E-state index contributed by atoms with van der Waals surface area (Å²) in [6.45, 7) is 7.73. The Labute approximate surface area is 198 Å². The fourth-order valence-electron chi connectivity index (χ4n) is 3.66. The van der Waals surface area contributed by atoms with Gasteiger partial charge in [-0.15, -0.1) is 4.52 Å². The summed E-state index contributed by atoms with van der Waals surface area (Å²) < 4.78 is 61.0. The number of nitrogens with one attached hydrogen (secondary N) is 1. The van der Waals surface area contributed by atoms with Crippen LogP contribution in [0.1, 0.15) is 11.1 Å². The zero-order valence-electron chi connectivity index (χ0n) is 18.8. The highest BCUT2D eigenvalue weighted by Gasteiger charge is 2.33. The number of methoxy groups -OCH3 is 1. The first kappa shape index (κ1) is 23.8. The Morgan fingerprint density at radius 1 is 1.14 bits per heavy atom. The van der Waals surface area contributed by atoms with Gasteiger partial charge in [0.2, 0.25) is 0 Å². The highest BCUT2D eigenvalue weighted by Crippen LogP contribution is 2.32. The lowest BCUT2D eigenvalue weighted by Crippen LogP contribution is -2.34. The molecule has 0 saturated carbocycles. The second kappa shape index (κ2) is 9.50. The zero-order valence-corrected chi connectivity index (χ0v) is 18.8. The number of anilines is 3. The molecule has 0 amide bonds. The summed E-state index contributed by atoms with van der Waals surface area (Å²) in [5.41, 5.74) is 1.82. The van der Waals surface area contributed by atoms with Crippen LogP contribution in [0.2, 0.25) is 0 Å². The Morgan fingerprint density at radius 3 is 2.51 bits per heavy atom. The smallest absolute Gasteiger partial charge is 0.405 e. The normalized spacial score (nSPS) is 11.3. The van der Waals surface area contributed by atoms with E-state index in [0.717, 1.165) is 4.90 Å². The molecule has 0 saturated heterocycles. The van der Waals surface area contributed by atoms with E-state index in [2.05, 4.69) is 20.2 Å². The number of aryl methyl sites for hydroxylation is 1. The van der Waals surface area contributed by atoms with Gasteiger partial charge in [-0.2, -0.15) is 13.2 Å². The number of imidazole rings is 1. The second-order valence-electron chi connectivity index (χ2n) is 7.84. The van der Waals surface area contributed by atoms with Crippen molar-refractivity contribution in [3.8, 4) is 5.75 Å². The lowest BCUT2D eigenvalue weighted by atomic mass is 10.2. The number of rotatable bonds is 7. The van der Waals surface area contributed by atoms with Gasteiger partial charge in [-0.3, -0.25) is 0 Å². The van der Waals surface area contributed by atoms with E-state index in [1.165, 1.54) is 36.0 Å². The van der Waals surface area contributed by atoms with Crippen LogP contribution in [0, 0.1) is 19.3 Å². The van der Waals surface area contributed by atoms with Crippen molar-refractivity contribution in [3.63, 3.8) is 0 Å². The van der Waals surface area contributed by atoms with Crippen LogP contribution in [0.5, 0.6) is 5.75 Å². The topological polar surface area (TPSA) is 59.0 Å². The van der Waals surface area contributed by atoms with Gasteiger partial charge >= 0.3 is 6.18 Å². The van der Waals surface area contributed by atoms with Crippen LogP contribution in [0.15, 0.2) is 54.7 Å². The van der Waals surface area contributed by atoms with Crippen LogP contribution in [0.25, 0.3) is 10.5 Å². The van der Waals surface area contributed by atoms with E-state index in [1.807, 2.05) is 0 Å². The quantitative estimate of drug-likeness (QED) is 0.256. The molecule has 0 unspecified atom stereocenters.